The van der Waals surface area contributed by atoms with Crippen LogP contribution in [0.2, 0.25) is 0 Å². The second-order valence-corrected chi connectivity index (χ2v) is 3.68. The second-order valence-electron chi connectivity index (χ2n) is 3.68. The summed E-state index contributed by atoms with van der Waals surface area (Å²) in [6.07, 6.45) is 4.09. The van der Waals surface area contributed by atoms with Crippen molar-refractivity contribution in [3.05, 3.63) is 42.0 Å². The van der Waals surface area contributed by atoms with Gasteiger partial charge in [-0.15, -0.1) is 0 Å². The fraction of sp³-hybridized carbons (Fsp3) is 0.250. The van der Waals surface area contributed by atoms with Crippen molar-refractivity contribution < 1.29 is 14.6 Å². The molecule has 2 rings (SSSR count). The van der Waals surface area contributed by atoms with Gasteiger partial charge in [0.2, 0.25) is 0 Å². The van der Waals surface area contributed by atoms with Crippen LogP contribution >= 0.6 is 0 Å². The molecule has 0 aliphatic heterocycles. The molecule has 1 aromatic rings. The van der Waals surface area contributed by atoms with E-state index in [9.17, 15) is 4.79 Å². The van der Waals surface area contributed by atoms with E-state index in [1.54, 1.807) is 0 Å². The van der Waals surface area contributed by atoms with Crippen molar-refractivity contribution in [3.63, 3.8) is 0 Å². The first-order valence-corrected chi connectivity index (χ1v) is 4.86. The lowest BCUT2D eigenvalue weighted by Gasteiger charge is -2.08. The number of hydrogen-bond acceptors (Lipinski definition) is 2. The molecule has 1 N–H and O–H groups in total. The van der Waals surface area contributed by atoms with E-state index in [2.05, 4.69) is 0 Å². The highest BCUT2D eigenvalue weighted by Crippen LogP contribution is 2.41. The van der Waals surface area contributed by atoms with Gasteiger partial charge in [-0.3, -0.25) is 0 Å². The van der Waals surface area contributed by atoms with Crippen LogP contribution in [0.3, 0.4) is 0 Å². The van der Waals surface area contributed by atoms with Gasteiger partial charge in [-0.2, -0.15) is 0 Å². The van der Waals surface area contributed by atoms with Crippen molar-refractivity contribution in [1.29, 1.82) is 0 Å². The van der Waals surface area contributed by atoms with Crippen LogP contribution in [0.25, 0.3) is 6.08 Å². The molecule has 1 saturated carbocycles. The summed E-state index contributed by atoms with van der Waals surface area (Å²) in [6, 6.07) is 9.76. The fourth-order valence-electron chi connectivity index (χ4n) is 1.41. The van der Waals surface area contributed by atoms with E-state index in [1.807, 2.05) is 42.5 Å². The monoisotopic (exact) mass is 204 g/mol. The Kier molecular flexibility index (Phi) is 2.46. The quantitative estimate of drug-likeness (QED) is 0.770. The van der Waals surface area contributed by atoms with E-state index in [0.717, 1.165) is 18.4 Å². The van der Waals surface area contributed by atoms with Crippen LogP contribution in [0.4, 0.5) is 4.79 Å². The fourth-order valence-corrected chi connectivity index (χ4v) is 1.41. The largest absolute Gasteiger partial charge is 0.506 e. The van der Waals surface area contributed by atoms with Gasteiger partial charge in [0.05, 0.1) is 0 Å². The van der Waals surface area contributed by atoms with Crippen LogP contribution in [0.5, 0.6) is 0 Å². The molecular formula is C12H12O3. The number of ether oxygens (including phenoxy) is 1. The second kappa shape index (κ2) is 3.77. The molecule has 3 heteroatoms. The highest BCUT2D eigenvalue weighted by Gasteiger charge is 2.44. The van der Waals surface area contributed by atoms with E-state index in [1.165, 1.54) is 0 Å². The van der Waals surface area contributed by atoms with Crippen LogP contribution < -0.4 is 0 Å². The van der Waals surface area contributed by atoms with Gasteiger partial charge >= 0.3 is 6.16 Å². The third-order valence-corrected chi connectivity index (χ3v) is 2.41. The minimum atomic E-state index is -1.20. The van der Waals surface area contributed by atoms with Crippen molar-refractivity contribution in [1.82, 2.24) is 0 Å². The lowest BCUT2D eigenvalue weighted by molar-refractivity contribution is 0.0598. The molecule has 78 valence electrons. The van der Waals surface area contributed by atoms with Crippen molar-refractivity contribution in [2.75, 3.05) is 0 Å². The normalized spacial score (nSPS) is 17.6. The summed E-state index contributed by atoms with van der Waals surface area (Å²) in [5, 5.41) is 8.53. The van der Waals surface area contributed by atoms with Gasteiger partial charge in [0.1, 0.15) is 5.60 Å². The number of carboxylic acid groups (broad SMARTS) is 1. The molecular weight excluding hydrogens is 192 g/mol. The minimum absolute atomic E-state index is 0.554. The molecule has 1 aliphatic carbocycles. The summed E-state index contributed by atoms with van der Waals surface area (Å²) in [4.78, 5) is 10.4. The maximum absolute atomic E-state index is 10.4. The van der Waals surface area contributed by atoms with Gasteiger partial charge in [0, 0.05) is 0 Å². The zero-order chi connectivity index (χ0) is 10.7. The van der Waals surface area contributed by atoms with Crippen LogP contribution in [0.1, 0.15) is 18.4 Å². The molecule has 15 heavy (non-hydrogen) atoms. The molecule has 0 amide bonds. The Balaban J connectivity index is 2.03. The predicted molar refractivity (Wildman–Crippen MR) is 56.6 cm³/mol. The summed E-state index contributed by atoms with van der Waals surface area (Å²) in [5.74, 6) is 0. The highest BCUT2D eigenvalue weighted by molar-refractivity contribution is 5.60. The minimum Gasteiger partial charge on any atom is -0.450 e. The van der Waals surface area contributed by atoms with E-state index in [-0.39, 0.29) is 0 Å². The Morgan fingerprint density at radius 2 is 2.00 bits per heavy atom. The Morgan fingerprint density at radius 3 is 2.53 bits per heavy atom. The van der Waals surface area contributed by atoms with Crippen LogP contribution in [-0.4, -0.2) is 16.9 Å². The summed E-state index contributed by atoms with van der Waals surface area (Å²) >= 11 is 0. The van der Waals surface area contributed by atoms with Crippen molar-refractivity contribution in [2.24, 2.45) is 0 Å². The average molecular weight is 204 g/mol. The lowest BCUT2D eigenvalue weighted by atomic mass is 10.2. The van der Waals surface area contributed by atoms with E-state index in [4.69, 9.17) is 9.84 Å². The van der Waals surface area contributed by atoms with Gasteiger partial charge < -0.3 is 9.84 Å². The molecule has 0 saturated heterocycles. The first-order valence-electron chi connectivity index (χ1n) is 4.86. The third kappa shape index (κ3) is 2.59. The molecule has 1 fully saturated rings. The van der Waals surface area contributed by atoms with E-state index >= 15 is 0 Å². The summed E-state index contributed by atoms with van der Waals surface area (Å²) in [7, 11) is 0. The van der Waals surface area contributed by atoms with Gasteiger partial charge in [-0.25, -0.2) is 4.79 Å². The zero-order valence-corrected chi connectivity index (χ0v) is 8.22. The number of carbonyl (C=O) groups is 1. The van der Waals surface area contributed by atoms with Crippen molar-refractivity contribution in [2.45, 2.75) is 18.4 Å². The smallest absolute Gasteiger partial charge is 0.450 e. The predicted octanol–water partition coefficient (Wildman–Crippen LogP) is 2.93. The first-order chi connectivity index (χ1) is 7.20. The molecule has 0 heterocycles. The van der Waals surface area contributed by atoms with Crippen molar-refractivity contribution >= 4 is 12.2 Å². The van der Waals surface area contributed by atoms with E-state index in [0.29, 0.717) is 0 Å². The Bertz CT molecular complexity index is 377. The molecule has 1 aliphatic rings. The molecule has 0 bridgehead atoms. The SMILES string of the molecule is O=C(O)OC1(C=Cc2ccccc2)CC1. The van der Waals surface area contributed by atoms with Crippen molar-refractivity contribution in [3.8, 4) is 0 Å². The van der Waals surface area contributed by atoms with Gasteiger partial charge in [-0.1, -0.05) is 36.4 Å². The molecule has 0 unspecified atom stereocenters. The summed E-state index contributed by atoms with van der Waals surface area (Å²) in [5.41, 5.74) is 0.500. The first kappa shape index (κ1) is 9.77. The molecule has 1 aromatic carbocycles. The summed E-state index contributed by atoms with van der Waals surface area (Å²) < 4.78 is 4.80. The molecule has 3 nitrogen and oxygen atoms in total. The summed E-state index contributed by atoms with van der Waals surface area (Å²) in [6.45, 7) is 0. The maximum Gasteiger partial charge on any atom is 0.506 e. The molecule has 0 atom stereocenters. The lowest BCUT2D eigenvalue weighted by Crippen LogP contribution is -2.14. The number of rotatable bonds is 3. The number of hydrogen-bond donors (Lipinski definition) is 1. The zero-order valence-electron chi connectivity index (χ0n) is 8.22. The molecule has 0 radical (unpaired) electrons. The molecule has 0 aromatic heterocycles. The average Bonchev–Trinajstić information content (AvgIpc) is 2.96. The number of benzene rings is 1. The molecule has 0 spiro atoms. The Labute approximate surface area is 88.0 Å². The Morgan fingerprint density at radius 1 is 1.33 bits per heavy atom. The third-order valence-electron chi connectivity index (χ3n) is 2.41. The highest BCUT2D eigenvalue weighted by atomic mass is 16.7. The van der Waals surface area contributed by atoms with Gasteiger partial charge in [0.25, 0.3) is 0 Å². The topological polar surface area (TPSA) is 46.5 Å². The Hall–Kier alpha value is -1.77. The van der Waals surface area contributed by atoms with E-state index < -0.39 is 11.8 Å². The maximum atomic E-state index is 10.4. The van der Waals surface area contributed by atoms with Crippen LogP contribution in [0, 0.1) is 0 Å². The standard InChI is InChI=1S/C12H12O3/c13-11(14)15-12(8-9-12)7-6-10-4-2-1-3-5-10/h1-7H,8-9H2,(H,13,14). The van der Waals surface area contributed by atoms with Crippen LogP contribution in [-0.2, 0) is 4.74 Å². The van der Waals surface area contributed by atoms with Gasteiger partial charge in [-0.05, 0) is 24.5 Å². The van der Waals surface area contributed by atoms with Crippen LogP contribution in [0.15, 0.2) is 36.4 Å². The van der Waals surface area contributed by atoms with Gasteiger partial charge in [0.15, 0.2) is 0 Å².